The zero-order valence-corrected chi connectivity index (χ0v) is 10.5. The molecule has 1 rings (SSSR count). The maximum Gasteiger partial charge on any atom is 0.306 e. The molecule has 0 aliphatic heterocycles. The lowest BCUT2D eigenvalue weighted by atomic mass is 10.0. The minimum absolute atomic E-state index is 0.0613. The van der Waals surface area contributed by atoms with Gasteiger partial charge in [0.25, 0.3) is 5.56 Å². The van der Waals surface area contributed by atoms with E-state index in [9.17, 15) is 9.59 Å². The first-order chi connectivity index (χ1) is 7.90. The van der Waals surface area contributed by atoms with E-state index in [1.807, 2.05) is 19.9 Å². The molecule has 0 aliphatic carbocycles. The lowest BCUT2D eigenvalue weighted by molar-refractivity contribution is -0.141. The largest absolute Gasteiger partial charge is 0.481 e. The molecule has 0 amide bonds. The van der Waals surface area contributed by atoms with Gasteiger partial charge in [-0.2, -0.15) is 0 Å². The molecule has 0 aromatic carbocycles. The highest BCUT2D eigenvalue weighted by Gasteiger charge is 2.12. The van der Waals surface area contributed by atoms with Crippen molar-refractivity contribution in [2.45, 2.75) is 33.7 Å². The topological polar surface area (TPSA) is 59.3 Å². The van der Waals surface area contributed by atoms with Crippen LogP contribution in [0.1, 0.15) is 26.3 Å². The normalized spacial score (nSPS) is 12.7. The molecule has 4 heteroatoms. The summed E-state index contributed by atoms with van der Waals surface area (Å²) in [5, 5.41) is 8.80. The molecule has 1 aromatic rings. The summed E-state index contributed by atoms with van der Waals surface area (Å²) in [4.78, 5) is 22.5. The van der Waals surface area contributed by atoms with Crippen molar-refractivity contribution in [2.75, 3.05) is 0 Å². The fourth-order valence-corrected chi connectivity index (χ4v) is 1.66. The van der Waals surface area contributed by atoms with Gasteiger partial charge in [-0.25, -0.2) is 0 Å². The first-order valence-electron chi connectivity index (χ1n) is 5.82. The number of hydrogen-bond donors (Lipinski definition) is 1. The number of carboxylic acid groups (broad SMARTS) is 1. The zero-order valence-electron chi connectivity index (χ0n) is 10.5. The molecule has 4 nitrogen and oxygen atoms in total. The summed E-state index contributed by atoms with van der Waals surface area (Å²) in [5.41, 5.74) is 0.721. The van der Waals surface area contributed by atoms with Gasteiger partial charge in [0.15, 0.2) is 0 Å². The second-order valence-electron chi connectivity index (χ2n) is 4.86. The third-order valence-electron chi connectivity index (χ3n) is 2.59. The maximum atomic E-state index is 11.7. The van der Waals surface area contributed by atoms with E-state index in [1.165, 1.54) is 6.07 Å². The lowest BCUT2D eigenvalue weighted by Crippen LogP contribution is -2.22. The van der Waals surface area contributed by atoms with E-state index < -0.39 is 11.9 Å². The molecule has 1 N–H and O–H groups in total. The van der Waals surface area contributed by atoms with Crippen LogP contribution in [-0.2, 0) is 17.8 Å². The van der Waals surface area contributed by atoms with Gasteiger partial charge in [-0.3, -0.25) is 9.59 Å². The van der Waals surface area contributed by atoms with Gasteiger partial charge in [0.2, 0.25) is 0 Å². The van der Waals surface area contributed by atoms with Crippen LogP contribution in [0.4, 0.5) is 0 Å². The van der Waals surface area contributed by atoms with Gasteiger partial charge in [0.1, 0.15) is 0 Å². The van der Waals surface area contributed by atoms with E-state index >= 15 is 0 Å². The summed E-state index contributed by atoms with van der Waals surface area (Å²) < 4.78 is 1.65. The van der Waals surface area contributed by atoms with E-state index in [4.69, 9.17) is 5.11 Å². The highest BCUT2D eigenvalue weighted by molar-refractivity contribution is 5.69. The molecule has 0 aliphatic rings. The van der Waals surface area contributed by atoms with Crippen molar-refractivity contribution in [3.63, 3.8) is 0 Å². The number of aliphatic carboxylic acids is 1. The Bertz CT molecular complexity index is 448. The molecule has 0 saturated heterocycles. The van der Waals surface area contributed by atoms with Crippen LogP contribution in [0.5, 0.6) is 0 Å². The smallest absolute Gasteiger partial charge is 0.306 e. The Morgan fingerprint density at radius 3 is 2.53 bits per heavy atom. The molecule has 1 atom stereocenters. The Kier molecular flexibility index (Phi) is 4.49. The Morgan fingerprint density at radius 1 is 1.41 bits per heavy atom. The van der Waals surface area contributed by atoms with Crippen molar-refractivity contribution in [3.8, 4) is 0 Å². The number of nitrogens with zero attached hydrogens (tertiary/aromatic N) is 1. The van der Waals surface area contributed by atoms with Crippen LogP contribution in [0.15, 0.2) is 23.1 Å². The van der Waals surface area contributed by atoms with Crippen molar-refractivity contribution in [1.82, 2.24) is 4.57 Å². The zero-order chi connectivity index (χ0) is 13.0. The average molecular weight is 237 g/mol. The van der Waals surface area contributed by atoms with Crippen LogP contribution < -0.4 is 5.56 Å². The van der Waals surface area contributed by atoms with Crippen LogP contribution >= 0.6 is 0 Å². The van der Waals surface area contributed by atoms with Gasteiger partial charge in [0, 0.05) is 18.8 Å². The molecule has 94 valence electrons. The fourth-order valence-electron chi connectivity index (χ4n) is 1.66. The van der Waals surface area contributed by atoms with E-state index in [-0.39, 0.29) is 5.56 Å². The van der Waals surface area contributed by atoms with Gasteiger partial charge >= 0.3 is 5.97 Å². The minimum Gasteiger partial charge on any atom is -0.481 e. The quantitative estimate of drug-likeness (QED) is 0.849. The third kappa shape index (κ3) is 4.06. The highest BCUT2D eigenvalue weighted by atomic mass is 16.4. The average Bonchev–Trinajstić information content (AvgIpc) is 2.21. The van der Waals surface area contributed by atoms with Crippen molar-refractivity contribution in [1.29, 1.82) is 0 Å². The summed E-state index contributed by atoms with van der Waals surface area (Å²) in [5.74, 6) is -0.886. The van der Waals surface area contributed by atoms with Crippen molar-refractivity contribution >= 4 is 5.97 Å². The third-order valence-corrected chi connectivity index (χ3v) is 2.59. The van der Waals surface area contributed by atoms with Gasteiger partial charge in [0.05, 0.1) is 5.92 Å². The second kappa shape index (κ2) is 5.66. The fraction of sp³-hybridized carbons (Fsp3) is 0.538. The van der Waals surface area contributed by atoms with E-state index in [1.54, 1.807) is 17.7 Å². The van der Waals surface area contributed by atoms with Crippen LogP contribution in [0.2, 0.25) is 0 Å². The van der Waals surface area contributed by atoms with Gasteiger partial charge in [-0.05, 0) is 24.0 Å². The predicted octanol–water partition coefficient (Wildman–Crippen LogP) is 1.77. The molecule has 0 bridgehead atoms. The standard InChI is InChI=1S/C13H19NO3/c1-9(2)8-14-5-4-11(7-12(14)15)6-10(3)13(16)17/h4-5,7,9-10H,6,8H2,1-3H3,(H,16,17). The summed E-state index contributed by atoms with van der Waals surface area (Å²) in [6, 6.07) is 3.35. The lowest BCUT2D eigenvalue weighted by Gasteiger charge is -2.10. The summed E-state index contributed by atoms with van der Waals surface area (Å²) in [7, 11) is 0. The molecule has 0 radical (unpaired) electrons. The van der Waals surface area contributed by atoms with Gasteiger partial charge < -0.3 is 9.67 Å². The van der Waals surface area contributed by atoms with Crippen LogP contribution in [0, 0.1) is 11.8 Å². The first kappa shape index (κ1) is 13.5. The SMILES string of the molecule is CC(C)Cn1ccc(CC(C)C(=O)O)cc1=O. The molecule has 0 fully saturated rings. The number of pyridine rings is 1. The number of carbonyl (C=O) groups is 1. The van der Waals surface area contributed by atoms with E-state index in [0.29, 0.717) is 18.9 Å². The highest BCUT2D eigenvalue weighted by Crippen LogP contribution is 2.07. The molecule has 0 spiro atoms. The molecular formula is C13H19NO3. The Labute approximate surface area is 101 Å². The van der Waals surface area contributed by atoms with Crippen LogP contribution in [0.3, 0.4) is 0 Å². The van der Waals surface area contributed by atoms with Crippen molar-refractivity contribution in [3.05, 3.63) is 34.2 Å². The number of aromatic nitrogens is 1. The number of hydrogen-bond acceptors (Lipinski definition) is 2. The maximum absolute atomic E-state index is 11.7. The van der Waals surface area contributed by atoms with Gasteiger partial charge in [-0.1, -0.05) is 20.8 Å². The van der Waals surface area contributed by atoms with Gasteiger partial charge in [-0.15, -0.1) is 0 Å². The second-order valence-corrected chi connectivity index (χ2v) is 4.86. The van der Waals surface area contributed by atoms with Crippen molar-refractivity contribution in [2.24, 2.45) is 11.8 Å². The molecule has 1 aromatic heterocycles. The monoisotopic (exact) mass is 237 g/mol. The van der Waals surface area contributed by atoms with Crippen molar-refractivity contribution < 1.29 is 9.90 Å². The Balaban J connectivity index is 2.82. The minimum atomic E-state index is -0.837. The Morgan fingerprint density at radius 2 is 2.06 bits per heavy atom. The Hall–Kier alpha value is -1.58. The van der Waals surface area contributed by atoms with E-state index in [0.717, 1.165) is 5.56 Å². The number of carboxylic acids is 1. The summed E-state index contributed by atoms with van der Waals surface area (Å²) in [6.07, 6.45) is 2.14. The number of rotatable bonds is 5. The van der Waals surface area contributed by atoms with E-state index in [2.05, 4.69) is 0 Å². The van der Waals surface area contributed by atoms with Crippen LogP contribution in [0.25, 0.3) is 0 Å². The molecule has 1 heterocycles. The molecule has 1 unspecified atom stereocenters. The van der Waals surface area contributed by atoms with Crippen LogP contribution in [-0.4, -0.2) is 15.6 Å². The first-order valence-corrected chi connectivity index (χ1v) is 5.82. The summed E-state index contributed by atoms with van der Waals surface area (Å²) in [6.45, 7) is 6.43. The summed E-state index contributed by atoms with van der Waals surface area (Å²) >= 11 is 0. The predicted molar refractivity (Wildman–Crippen MR) is 66.0 cm³/mol. The molecule has 0 saturated carbocycles. The molecular weight excluding hydrogens is 218 g/mol. The molecule has 17 heavy (non-hydrogen) atoms.